The Balaban J connectivity index is 1.48. The van der Waals surface area contributed by atoms with Crippen molar-refractivity contribution in [1.29, 1.82) is 0 Å². The Labute approximate surface area is 218 Å². The molecule has 1 aliphatic heterocycles. The van der Waals surface area contributed by atoms with Gasteiger partial charge in [0.1, 0.15) is 11.8 Å². The molecule has 0 saturated heterocycles. The maximum absolute atomic E-state index is 13.5. The van der Waals surface area contributed by atoms with Gasteiger partial charge in [-0.1, -0.05) is 43.3 Å². The third-order valence-electron chi connectivity index (χ3n) is 6.75. The number of anilines is 1. The summed E-state index contributed by atoms with van der Waals surface area (Å²) in [5.41, 5.74) is 2.52. The lowest BCUT2D eigenvalue weighted by Crippen LogP contribution is -2.50. The van der Waals surface area contributed by atoms with E-state index in [2.05, 4.69) is 5.32 Å². The lowest BCUT2D eigenvalue weighted by atomic mass is 10.1. The fraction of sp³-hybridized carbons (Fsp3) is 0.367. The summed E-state index contributed by atoms with van der Waals surface area (Å²) in [5, 5.41) is 4.96. The molecule has 0 unspecified atom stereocenters. The second kappa shape index (κ2) is 11.5. The lowest BCUT2D eigenvalue weighted by molar-refractivity contribution is -0.141. The van der Waals surface area contributed by atoms with Gasteiger partial charge in [0, 0.05) is 36.5 Å². The number of amides is 3. The average molecular weight is 502 g/mol. The van der Waals surface area contributed by atoms with Crippen molar-refractivity contribution in [2.24, 2.45) is 0 Å². The van der Waals surface area contributed by atoms with Gasteiger partial charge in [0.2, 0.25) is 11.8 Å². The molecule has 7 heteroatoms. The number of nitrogens with zero attached hydrogens (tertiary/aromatic N) is 2. The van der Waals surface area contributed by atoms with Crippen molar-refractivity contribution >= 4 is 34.2 Å². The summed E-state index contributed by atoms with van der Waals surface area (Å²) >= 11 is 0. The molecule has 0 radical (unpaired) electrons. The van der Waals surface area contributed by atoms with E-state index in [1.165, 1.54) is 0 Å². The van der Waals surface area contributed by atoms with Gasteiger partial charge in [0.05, 0.1) is 12.8 Å². The molecule has 1 N–H and O–H groups in total. The fourth-order valence-electron chi connectivity index (χ4n) is 4.96. The van der Waals surface area contributed by atoms with Crippen LogP contribution in [-0.4, -0.2) is 48.4 Å². The molecular formula is C30H35N3O4. The largest absolute Gasteiger partial charge is 0.497 e. The normalized spacial score (nSPS) is 13.2. The van der Waals surface area contributed by atoms with E-state index in [-0.39, 0.29) is 30.2 Å². The summed E-state index contributed by atoms with van der Waals surface area (Å²) < 4.78 is 5.25. The van der Waals surface area contributed by atoms with Crippen molar-refractivity contribution in [3.05, 3.63) is 71.8 Å². The van der Waals surface area contributed by atoms with Crippen LogP contribution in [0.4, 0.5) is 5.69 Å². The second-order valence-electron chi connectivity index (χ2n) is 9.70. The van der Waals surface area contributed by atoms with Crippen LogP contribution in [-0.2, 0) is 16.1 Å². The molecule has 7 nitrogen and oxygen atoms in total. The average Bonchev–Trinajstić information content (AvgIpc) is 3.16. The molecule has 0 aliphatic carbocycles. The predicted molar refractivity (Wildman–Crippen MR) is 146 cm³/mol. The van der Waals surface area contributed by atoms with E-state index in [1.807, 2.05) is 81.4 Å². The van der Waals surface area contributed by atoms with Crippen LogP contribution in [0.2, 0.25) is 0 Å². The first-order valence-corrected chi connectivity index (χ1v) is 12.9. The molecule has 1 atom stereocenters. The molecule has 0 fully saturated rings. The number of ether oxygens (including phenoxy) is 1. The van der Waals surface area contributed by atoms with E-state index in [0.717, 1.165) is 27.8 Å². The topological polar surface area (TPSA) is 79.0 Å². The maximum atomic E-state index is 13.5. The van der Waals surface area contributed by atoms with Crippen molar-refractivity contribution in [2.45, 2.75) is 58.7 Å². The van der Waals surface area contributed by atoms with Crippen LogP contribution < -0.4 is 15.0 Å². The van der Waals surface area contributed by atoms with E-state index < -0.39 is 6.04 Å². The second-order valence-corrected chi connectivity index (χ2v) is 9.70. The minimum atomic E-state index is -0.580. The summed E-state index contributed by atoms with van der Waals surface area (Å²) in [4.78, 5) is 43.1. The first-order valence-electron chi connectivity index (χ1n) is 12.9. The Morgan fingerprint density at radius 2 is 1.73 bits per heavy atom. The van der Waals surface area contributed by atoms with Crippen LogP contribution in [0, 0.1) is 0 Å². The highest BCUT2D eigenvalue weighted by Gasteiger charge is 2.31. The van der Waals surface area contributed by atoms with Gasteiger partial charge in [-0.05, 0) is 61.9 Å². The van der Waals surface area contributed by atoms with Crippen molar-refractivity contribution in [3.8, 4) is 5.75 Å². The van der Waals surface area contributed by atoms with Crippen molar-refractivity contribution < 1.29 is 19.1 Å². The number of rotatable bonds is 11. The quantitative estimate of drug-likeness (QED) is 0.405. The van der Waals surface area contributed by atoms with Gasteiger partial charge in [-0.15, -0.1) is 0 Å². The van der Waals surface area contributed by atoms with Gasteiger partial charge in [-0.3, -0.25) is 14.4 Å². The van der Waals surface area contributed by atoms with Gasteiger partial charge in [0.25, 0.3) is 5.91 Å². The summed E-state index contributed by atoms with van der Waals surface area (Å²) in [6.07, 6.45) is 1.23. The van der Waals surface area contributed by atoms with Crippen LogP contribution >= 0.6 is 0 Å². The van der Waals surface area contributed by atoms with Crippen LogP contribution in [0.1, 0.15) is 56.0 Å². The Morgan fingerprint density at radius 3 is 2.38 bits per heavy atom. The molecule has 37 heavy (non-hydrogen) atoms. The lowest BCUT2D eigenvalue weighted by Gasteiger charge is -2.31. The molecule has 0 spiro atoms. The molecular weight excluding hydrogens is 466 g/mol. The fourth-order valence-corrected chi connectivity index (χ4v) is 4.96. The number of carbonyl (C=O) groups is 3. The first-order chi connectivity index (χ1) is 17.8. The van der Waals surface area contributed by atoms with E-state index in [9.17, 15) is 14.4 Å². The molecule has 0 aromatic heterocycles. The van der Waals surface area contributed by atoms with Gasteiger partial charge in [0.15, 0.2) is 0 Å². The smallest absolute Gasteiger partial charge is 0.258 e. The zero-order valence-corrected chi connectivity index (χ0v) is 22.0. The summed E-state index contributed by atoms with van der Waals surface area (Å²) in [5.74, 6) is 0.440. The Bertz CT molecular complexity index is 1280. The third-order valence-corrected chi connectivity index (χ3v) is 6.75. The zero-order chi connectivity index (χ0) is 26.5. The molecule has 194 valence electrons. The minimum Gasteiger partial charge on any atom is -0.497 e. The highest BCUT2D eigenvalue weighted by Crippen LogP contribution is 2.37. The number of hydrogen-bond acceptors (Lipinski definition) is 4. The summed E-state index contributed by atoms with van der Waals surface area (Å²) in [6, 6.07) is 18.6. The first kappa shape index (κ1) is 26.2. The molecule has 4 rings (SSSR count). The molecule has 0 saturated carbocycles. The number of benzene rings is 3. The van der Waals surface area contributed by atoms with Crippen LogP contribution in [0.25, 0.3) is 10.8 Å². The Morgan fingerprint density at radius 1 is 1.03 bits per heavy atom. The standard InChI is InChI=1S/C30H35N3O4/c1-5-25(29(35)31-20(2)3)33(19-21-14-16-23(37-4)17-15-21)27(34)13-8-18-32-26-12-7-10-22-9-6-11-24(28(22)26)30(32)36/h6-7,9-12,14-17,20,25H,5,8,13,18-19H2,1-4H3,(H,31,35)/t25-/m1/s1. The molecule has 3 aromatic carbocycles. The number of carbonyl (C=O) groups excluding carboxylic acids is 3. The molecule has 3 aromatic rings. The van der Waals surface area contributed by atoms with Gasteiger partial charge >= 0.3 is 0 Å². The highest BCUT2D eigenvalue weighted by atomic mass is 16.5. The zero-order valence-electron chi connectivity index (χ0n) is 22.0. The van der Waals surface area contributed by atoms with Gasteiger partial charge < -0.3 is 19.9 Å². The highest BCUT2D eigenvalue weighted by molar-refractivity contribution is 6.25. The molecule has 3 amide bonds. The summed E-state index contributed by atoms with van der Waals surface area (Å²) in [7, 11) is 1.61. The predicted octanol–water partition coefficient (Wildman–Crippen LogP) is 4.92. The van der Waals surface area contributed by atoms with E-state index in [1.54, 1.807) is 16.9 Å². The van der Waals surface area contributed by atoms with Crippen LogP contribution in [0.5, 0.6) is 5.75 Å². The number of methoxy groups -OCH3 is 1. The number of hydrogen-bond donors (Lipinski definition) is 1. The third kappa shape index (κ3) is 5.61. The maximum Gasteiger partial charge on any atom is 0.258 e. The number of nitrogens with one attached hydrogen (secondary N) is 1. The van der Waals surface area contributed by atoms with Crippen LogP contribution in [0.3, 0.4) is 0 Å². The Hall–Kier alpha value is -3.87. The van der Waals surface area contributed by atoms with E-state index >= 15 is 0 Å². The minimum absolute atomic E-state index is 0.0231. The van der Waals surface area contributed by atoms with E-state index in [4.69, 9.17) is 4.74 Å². The van der Waals surface area contributed by atoms with Gasteiger partial charge in [-0.2, -0.15) is 0 Å². The molecule has 1 aliphatic rings. The molecule has 0 bridgehead atoms. The summed E-state index contributed by atoms with van der Waals surface area (Å²) in [6.45, 7) is 6.49. The van der Waals surface area contributed by atoms with E-state index in [0.29, 0.717) is 31.5 Å². The van der Waals surface area contributed by atoms with Gasteiger partial charge in [-0.25, -0.2) is 0 Å². The van der Waals surface area contributed by atoms with Crippen molar-refractivity contribution in [2.75, 3.05) is 18.6 Å². The monoisotopic (exact) mass is 501 g/mol. The van der Waals surface area contributed by atoms with Crippen LogP contribution in [0.15, 0.2) is 60.7 Å². The van der Waals surface area contributed by atoms with Crippen molar-refractivity contribution in [3.63, 3.8) is 0 Å². The van der Waals surface area contributed by atoms with Crippen molar-refractivity contribution in [1.82, 2.24) is 10.2 Å². The Kier molecular flexibility index (Phi) is 8.11. The SMILES string of the molecule is CC[C@H](C(=O)NC(C)C)N(Cc1ccc(OC)cc1)C(=O)CCCN1C(=O)c2cccc3cccc1c23. The molecule has 1 heterocycles.